The van der Waals surface area contributed by atoms with Crippen LogP contribution in [-0.4, -0.2) is 16.9 Å². The molecule has 3 heteroatoms. The lowest BCUT2D eigenvalue weighted by Gasteiger charge is -2.15. The zero-order valence-electron chi connectivity index (χ0n) is 10.9. The van der Waals surface area contributed by atoms with Gasteiger partial charge in [0.2, 0.25) is 0 Å². The van der Waals surface area contributed by atoms with E-state index in [0.717, 1.165) is 35.1 Å². The van der Waals surface area contributed by atoms with E-state index >= 15 is 0 Å². The molecule has 0 atom stereocenters. The van der Waals surface area contributed by atoms with Crippen LogP contribution in [0.1, 0.15) is 39.1 Å². The zero-order valence-corrected chi connectivity index (χ0v) is 10.9. The third kappa shape index (κ3) is 2.23. The van der Waals surface area contributed by atoms with Crippen LogP contribution < -0.4 is 0 Å². The van der Waals surface area contributed by atoms with Gasteiger partial charge in [0.05, 0.1) is 5.56 Å². The third-order valence-corrected chi connectivity index (χ3v) is 3.73. The Kier molecular flexibility index (Phi) is 3.11. The number of rotatable bonds is 2. The van der Waals surface area contributed by atoms with E-state index in [1.165, 1.54) is 0 Å². The van der Waals surface area contributed by atoms with Gasteiger partial charge in [-0.15, -0.1) is 0 Å². The second-order valence-electron chi connectivity index (χ2n) is 5.03. The molecular formula is C17H14O3. The quantitative estimate of drug-likeness (QED) is 0.904. The molecule has 0 amide bonds. The molecule has 0 spiro atoms. The van der Waals surface area contributed by atoms with Gasteiger partial charge in [-0.1, -0.05) is 24.3 Å². The van der Waals surface area contributed by atoms with Crippen molar-refractivity contribution in [1.82, 2.24) is 0 Å². The molecule has 3 nitrogen and oxygen atoms in total. The van der Waals surface area contributed by atoms with Gasteiger partial charge in [-0.2, -0.15) is 0 Å². The molecule has 0 aliphatic heterocycles. The van der Waals surface area contributed by atoms with Gasteiger partial charge in [0, 0.05) is 12.0 Å². The summed E-state index contributed by atoms with van der Waals surface area (Å²) in [5, 5.41) is 8.89. The maximum Gasteiger partial charge on any atom is 0.335 e. The number of Topliss-reactive ketones (excluding diaryl/α,β-unsaturated/α-hetero) is 1. The largest absolute Gasteiger partial charge is 0.478 e. The van der Waals surface area contributed by atoms with Crippen molar-refractivity contribution in [3.05, 3.63) is 59.2 Å². The first kappa shape index (κ1) is 12.6. The zero-order chi connectivity index (χ0) is 14.1. The summed E-state index contributed by atoms with van der Waals surface area (Å²) in [5.74, 6) is -0.729. The van der Waals surface area contributed by atoms with Gasteiger partial charge in [-0.3, -0.25) is 4.79 Å². The van der Waals surface area contributed by atoms with Gasteiger partial charge in [0.25, 0.3) is 0 Å². The summed E-state index contributed by atoms with van der Waals surface area (Å²) in [7, 11) is 0. The highest BCUT2D eigenvalue weighted by Gasteiger charge is 2.17. The number of hydrogen-bond acceptors (Lipinski definition) is 2. The van der Waals surface area contributed by atoms with Crippen LogP contribution in [0.25, 0.3) is 11.1 Å². The van der Waals surface area contributed by atoms with Gasteiger partial charge in [-0.25, -0.2) is 4.79 Å². The maximum absolute atomic E-state index is 11.9. The van der Waals surface area contributed by atoms with Crippen molar-refractivity contribution in [2.24, 2.45) is 0 Å². The summed E-state index contributed by atoms with van der Waals surface area (Å²) < 4.78 is 0. The predicted octanol–water partition coefficient (Wildman–Crippen LogP) is 3.57. The number of carboxylic acid groups (broad SMARTS) is 1. The summed E-state index contributed by atoms with van der Waals surface area (Å²) >= 11 is 0. The van der Waals surface area contributed by atoms with Crippen LogP contribution in [-0.2, 0) is 6.42 Å². The Morgan fingerprint density at radius 1 is 0.950 bits per heavy atom. The highest BCUT2D eigenvalue weighted by Crippen LogP contribution is 2.27. The fourth-order valence-electron chi connectivity index (χ4n) is 2.61. The molecule has 0 fully saturated rings. The molecule has 0 unspecified atom stereocenters. The average molecular weight is 266 g/mol. The minimum atomic E-state index is -0.933. The van der Waals surface area contributed by atoms with Crippen molar-refractivity contribution in [2.45, 2.75) is 19.3 Å². The van der Waals surface area contributed by atoms with Crippen LogP contribution in [0.15, 0.2) is 42.5 Å². The molecule has 2 aromatic carbocycles. The van der Waals surface area contributed by atoms with Crippen LogP contribution in [0.2, 0.25) is 0 Å². The van der Waals surface area contributed by atoms with Crippen LogP contribution in [0.4, 0.5) is 0 Å². The number of ketones is 1. The number of carboxylic acids is 1. The molecule has 0 bridgehead atoms. The first-order valence-corrected chi connectivity index (χ1v) is 6.65. The molecule has 0 saturated heterocycles. The molecule has 1 N–H and O–H groups in total. The lowest BCUT2D eigenvalue weighted by atomic mass is 9.88. The molecule has 20 heavy (non-hydrogen) atoms. The van der Waals surface area contributed by atoms with E-state index in [1.54, 1.807) is 24.3 Å². The Labute approximate surface area is 116 Å². The first-order chi connectivity index (χ1) is 9.65. The number of carbonyl (C=O) groups is 2. The van der Waals surface area contributed by atoms with Crippen LogP contribution in [0.5, 0.6) is 0 Å². The summed E-state index contributed by atoms with van der Waals surface area (Å²) in [6.45, 7) is 0. The number of carbonyl (C=O) groups excluding carboxylic acids is 1. The molecule has 3 rings (SSSR count). The topological polar surface area (TPSA) is 54.4 Å². The van der Waals surface area contributed by atoms with Crippen LogP contribution in [0, 0.1) is 0 Å². The van der Waals surface area contributed by atoms with Gasteiger partial charge in [-0.05, 0) is 47.7 Å². The molecular weight excluding hydrogens is 252 g/mol. The molecule has 100 valence electrons. The van der Waals surface area contributed by atoms with Crippen molar-refractivity contribution >= 4 is 11.8 Å². The van der Waals surface area contributed by atoms with Gasteiger partial charge < -0.3 is 5.11 Å². The number of aromatic carboxylic acids is 1. The summed E-state index contributed by atoms with van der Waals surface area (Å²) in [5.41, 5.74) is 4.08. The van der Waals surface area contributed by atoms with Crippen molar-refractivity contribution in [3.8, 4) is 11.1 Å². The number of hydrogen-bond donors (Lipinski definition) is 1. The van der Waals surface area contributed by atoms with Crippen molar-refractivity contribution in [1.29, 1.82) is 0 Å². The van der Waals surface area contributed by atoms with E-state index in [-0.39, 0.29) is 11.3 Å². The lowest BCUT2D eigenvalue weighted by molar-refractivity contribution is 0.0696. The minimum absolute atomic E-state index is 0.204. The lowest BCUT2D eigenvalue weighted by Crippen LogP contribution is -2.10. The Bertz CT molecular complexity index is 684. The highest BCUT2D eigenvalue weighted by atomic mass is 16.4. The van der Waals surface area contributed by atoms with Crippen molar-refractivity contribution < 1.29 is 14.7 Å². The second kappa shape index (κ2) is 4.93. The normalized spacial score (nSPS) is 13.9. The average Bonchev–Trinajstić information content (AvgIpc) is 2.47. The van der Waals surface area contributed by atoms with Crippen molar-refractivity contribution in [2.75, 3.05) is 0 Å². The molecule has 2 aromatic rings. The molecule has 0 heterocycles. The third-order valence-electron chi connectivity index (χ3n) is 3.73. The summed E-state index contributed by atoms with van der Waals surface area (Å²) in [6.07, 6.45) is 2.51. The Morgan fingerprint density at radius 2 is 1.65 bits per heavy atom. The summed E-state index contributed by atoms with van der Waals surface area (Å²) in [6, 6.07) is 12.6. The molecule has 1 aliphatic carbocycles. The SMILES string of the molecule is O=C(O)c1ccc(-c2ccc3c(c2)C(=O)CCC3)cc1. The van der Waals surface area contributed by atoms with E-state index in [4.69, 9.17) is 5.11 Å². The monoisotopic (exact) mass is 266 g/mol. The predicted molar refractivity (Wildman–Crippen MR) is 76.1 cm³/mol. The van der Waals surface area contributed by atoms with Crippen molar-refractivity contribution in [3.63, 3.8) is 0 Å². The molecule has 0 radical (unpaired) electrons. The number of benzene rings is 2. The Hall–Kier alpha value is -2.42. The van der Waals surface area contributed by atoms with E-state index in [0.29, 0.717) is 6.42 Å². The van der Waals surface area contributed by atoms with Crippen LogP contribution >= 0.6 is 0 Å². The van der Waals surface area contributed by atoms with Gasteiger partial charge >= 0.3 is 5.97 Å². The van der Waals surface area contributed by atoms with Gasteiger partial charge in [0.15, 0.2) is 5.78 Å². The van der Waals surface area contributed by atoms with E-state index in [2.05, 4.69) is 0 Å². The smallest absolute Gasteiger partial charge is 0.335 e. The molecule has 0 saturated carbocycles. The summed E-state index contributed by atoms with van der Waals surface area (Å²) in [4.78, 5) is 22.8. The standard InChI is InChI=1S/C17H14O3/c18-16-3-1-2-12-6-9-14(10-15(12)16)11-4-7-13(8-5-11)17(19)20/h4-10H,1-3H2,(H,19,20). The van der Waals surface area contributed by atoms with Gasteiger partial charge in [0.1, 0.15) is 0 Å². The van der Waals surface area contributed by atoms with E-state index in [1.807, 2.05) is 18.2 Å². The minimum Gasteiger partial charge on any atom is -0.478 e. The number of aryl methyl sites for hydroxylation is 1. The number of fused-ring (bicyclic) bond motifs is 1. The Morgan fingerprint density at radius 3 is 2.35 bits per heavy atom. The molecule has 0 aromatic heterocycles. The second-order valence-corrected chi connectivity index (χ2v) is 5.03. The highest BCUT2D eigenvalue weighted by molar-refractivity contribution is 5.99. The fraction of sp³-hybridized carbons (Fsp3) is 0.176. The van der Waals surface area contributed by atoms with E-state index < -0.39 is 5.97 Å². The Balaban J connectivity index is 2.00. The first-order valence-electron chi connectivity index (χ1n) is 6.65. The fourth-order valence-corrected chi connectivity index (χ4v) is 2.61. The molecule has 1 aliphatic rings. The van der Waals surface area contributed by atoms with E-state index in [9.17, 15) is 9.59 Å². The maximum atomic E-state index is 11.9. The van der Waals surface area contributed by atoms with Crippen LogP contribution in [0.3, 0.4) is 0 Å².